The standard InChI is InChI=1S/C14H21NO3/c1-3-18-9-8-15(2)11-13-6-4-12(5-7-13)10-14(16)17/h4-7H,3,8-11H2,1-2H3,(H,16,17). The van der Waals surface area contributed by atoms with Gasteiger partial charge in [0.25, 0.3) is 0 Å². The summed E-state index contributed by atoms with van der Waals surface area (Å²) in [5.74, 6) is -0.795. The number of rotatable bonds is 8. The van der Waals surface area contributed by atoms with Crippen molar-refractivity contribution in [2.45, 2.75) is 19.9 Å². The number of carboxylic acids is 1. The predicted octanol–water partition coefficient (Wildman–Crippen LogP) is 1.78. The van der Waals surface area contributed by atoms with Crippen LogP contribution in [0.5, 0.6) is 0 Å². The summed E-state index contributed by atoms with van der Waals surface area (Å²) < 4.78 is 5.30. The molecule has 0 bridgehead atoms. The van der Waals surface area contributed by atoms with Gasteiger partial charge in [-0.2, -0.15) is 0 Å². The number of benzene rings is 1. The smallest absolute Gasteiger partial charge is 0.307 e. The molecular formula is C14H21NO3. The van der Waals surface area contributed by atoms with Crippen LogP contribution < -0.4 is 0 Å². The monoisotopic (exact) mass is 251 g/mol. The molecule has 18 heavy (non-hydrogen) atoms. The quantitative estimate of drug-likeness (QED) is 0.716. The van der Waals surface area contributed by atoms with Crippen LogP contribution in [0.3, 0.4) is 0 Å². The van der Waals surface area contributed by atoms with E-state index in [0.29, 0.717) is 0 Å². The minimum atomic E-state index is -0.795. The van der Waals surface area contributed by atoms with E-state index in [1.807, 2.05) is 38.2 Å². The summed E-state index contributed by atoms with van der Waals surface area (Å²) in [7, 11) is 2.05. The molecule has 0 radical (unpaired) electrons. The minimum Gasteiger partial charge on any atom is -0.481 e. The Morgan fingerprint density at radius 2 is 1.89 bits per heavy atom. The van der Waals surface area contributed by atoms with E-state index in [1.165, 1.54) is 5.56 Å². The van der Waals surface area contributed by atoms with Crippen molar-refractivity contribution in [1.82, 2.24) is 4.90 Å². The zero-order valence-corrected chi connectivity index (χ0v) is 11.1. The predicted molar refractivity (Wildman–Crippen MR) is 70.6 cm³/mol. The van der Waals surface area contributed by atoms with Crippen LogP contribution in [-0.4, -0.2) is 42.8 Å². The molecule has 0 amide bonds. The van der Waals surface area contributed by atoms with Gasteiger partial charge in [-0.25, -0.2) is 0 Å². The molecule has 0 aliphatic heterocycles. The summed E-state index contributed by atoms with van der Waals surface area (Å²) in [5.41, 5.74) is 2.02. The fourth-order valence-corrected chi connectivity index (χ4v) is 1.69. The fraction of sp³-hybridized carbons (Fsp3) is 0.500. The molecule has 4 heteroatoms. The molecule has 0 atom stereocenters. The van der Waals surface area contributed by atoms with Crippen molar-refractivity contribution >= 4 is 5.97 Å². The third kappa shape index (κ3) is 5.80. The first-order chi connectivity index (χ1) is 8.61. The second-order valence-electron chi connectivity index (χ2n) is 4.32. The van der Waals surface area contributed by atoms with Crippen molar-refractivity contribution in [1.29, 1.82) is 0 Å². The van der Waals surface area contributed by atoms with Crippen molar-refractivity contribution < 1.29 is 14.6 Å². The summed E-state index contributed by atoms with van der Waals surface area (Å²) in [6.07, 6.45) is 0.0838. The molecule has 0 spiro atoms. The molecule has 0 aromatic heterocycles. The average Bonchev–Trinajstić information content (AvgIpc) is 2.31. The number of nitrogens with zero attached hydrogens (tertiary/aromatic N) is 1. The molecule has 0 saturated carbocycles. The first-order valence-corrected chi connectivity index (χ1v) is 6.17. The van der Waals surface area contributed by atoms with Crippen LogP contribution in [-0.2, 0) is 22.5 Å². The SMILES string of the molecule is CCOCCN(C)Cc1ccc(CC(=O)O)cc1. The van der Waals surface area contributed by atoms with Crippen molar-refractivity contribution in [3.05, 3.63) is 35.4 Å². The Hall–Kier alpha value is -1.39. The minimum absolute atomic E-state index is 0.0838. The van der Waals surface area contributed by atoms with Gasteiger partial charge in [-0.15, -0.1) is 0 Å². The van der Waals surface area contributed by atoms with Gasteiger partial charge in [-0.1, -0.05) is 24.3 Å². The molecule has 1 aromatic rings. The molecule has 0 aliphatic carbocycles. The van der Waals surface area contributed by atoms with Gasteiger partial charge in [0.1, 0.15) is 0 Å². The Kier molecular flexibility index (Phi) is 6.39. The number of ether oxygens (including phenoxy) is 1. The highest BCUT2D eigenvalue weighted by molar-refractivity contribution is 5.70. The normalized spacial score (nSPS) is 10.8. The molecule has 4 nitrogen and oxygen atoms in total. The van der Waals surface area contributed by atoms with E-state index in [9.17, 15) is 4.79 Å². The third-order valence-electron chi connectivity index (χ3n) is 2.65. The van der Waals surface area contributed by atoms with Gasteiger partial charge in [0, 0.05) is 19.7 Å². The van der Waals surface area contributed by atoms with E-state index in [4.69, 9.17) is 9.84 Å². The lowest BCUT2D eigenvalue weighted by Gasteiger charge is -2.16. The number of likely N-dealkylation sites (N-methyl/N-ethyl adjacent to an activating group) is 1. The average molecular weight is 251 g/mol. The highest BCUT2D eigenvalue weighted by atomic mass is 16.5. The largest absolute Gasteiger partial charge is 0.481 e. The number of carbonyl (C=O) groups is 1. The van der Waals surface area contributed by atoms with Gasteiger partial charge in [0.15, 0.2) is 0 Å². The van der Waals surface area contributed by atoms with E-state index < -0.39 is 5.97 Å². The zero-order valence-electron chi connectivity index (χ0n) is 11.1. The molecule has 1 aromatic carbocycles. The van der Waals surface area contributed by atoms with Gasteiger partial charge < -0.3 is 9.84 Å². The van der Waals surface area contributed by atoms with E-state index in [1.54, 1.807) is 0 Å². The van der Waals surface area contributed by atoms with Crippen LogP contribution in [0, 0.1) is 0 Å². The second kappa shape index (κ2) is 7.84. The molecular weight excluding hydrogens is 230 g/mol. The second-order valence-corrected chi connectivity index (χ2v) is 4.32. The maximum atomic E-state index is 10.6. The Balaban J connectivity index is 2.40. The van der Waals surface area contributed by atoms with Crippen molar-refractivity contribution in [3.8, 4) is 0 Å². The van der Waals surface area contributed by atoms with Gasteiger partial charge >= 0.3 is 5.97 Å². The van der Waals surface area contributed by atoms with Crippen LogP contribution in [0.25, 0.3) is 0 Å². The Labute approximate surface area is 108 Å². The number of hydrogen-bond donors (Lipinski definition) is 1. The lowest BCUT2D eigenvalue weighted by atomic mass is 10.1. The van der Waals surface area contributed by atoms with Crippen molar-refractivity contribution in [2.75, 3.05) is 26.8 Å². The number of hydrogen-bond acceptors (Lipinski definition) is 3. The summed E-state index contributed by atoms with van der Waals surface area (Å²) in [4.78, 5) is 12.7. The van der Waals surface area contributed by atoms with Crippen molar-refractivity contribution in [2.24, 2.45) is 0 Å². The van der Waals surface area contributed by atoms with Crippen LogP contribution in [0.15, 0.2) is 24.3 Å². The van der Waals surface area contributed by atoms with Crippen LogP contribution >= 0.6 is 0 Å². The maximum Gasteiger partial charge on any atom is 0.307 e. The van der Waals surface area contributed by atoms with Gasteiger partial charge in [0.2, 0.25) is 0 Å². The molecule has 0 aliphatic rings. The molecule has 1 rings (SSSR count). The highest BCUT2D eigenvalue weighted by Crippen LogP contribution is 2.07. The maximum absolute atomic E-state index is 10.6. The molecule has 1 N–H and O–H groups in total. The molecule has 100 valence electrons. The van der Waals surface area contributed by atoms with Crippen LogP contribution in [0.1, 0.15) is 18.1 Å². The molecule has 0 fully saturated rings. The zero-order chi connectivity index (χ0) is 13.4. The van der Waals surface area contributed by atoms with E-state index in [-0.39, 0.29) is 6.42 Å². The summed E-state index contributed by atoms with van der Waals surface area (Å²) in [6, 6.07) is 7.71. The first-order valence-electron chi connectivity index (χ1n) is 6.17. The number of aliphatic carboxylic acids is 1. The topological polar surface area (TPSA) is 49.8 Å². The number of carboxylic acid groups (broad SMARTS) is 1. The Morgan fingerprint density at radius 3 is 2.44 bits per heavy atom. The summed E-state index contributed by atoms with van der Waals surface area (Å²) in [5, 5.41) is 8.68. The first kappa shape index (κ1) is 14.7. The van der Waals surface area contributed by atoms with Crippen molar-refractivity contribution in [3.63, 3.8) is 0 Å². The van der Waals surface area contributed by atoms with E-state index >= 15 is 0 Å². The van der Waals surface area contributed by atoms with Gasteiger partial charge in [-0.05, 0) is 25.1 Å². The third-order valence-corrected chi connectivity index (χ3v) is 2.65. The lowest BCUT2D eigenvalue weighted by molar-refractivity contribution is -0.136. The molecule has 0 unspecified atom stereocenters. The molecule has 0 heterocycles. The lowest BCUT2D eigenvalue weighted by Crippen LogP contribution is -2.22. The van der Waals surface area contributed by atoms with Gasteiger partial charge in [-0.3, -0.25) is 9.69 Å². The highest BCUT2D eigenvalue weighted by Gasteiger charge is 2.02. The molecule has 0 saturated heterocycles. The van der Waals surface area contributed by atoms with Crippen LogP contribution in [0.2, 0.25) is 0 Å². The van der Waals surface area contributed by atoms with E-state index in [2.05, 4.69) is 4.90 Å². The Morgan fingerprint density at radius 1 is 1.28 bits per heavy atom. The van der Waals surface area contributed by atoms with E-state index in [0.717, 1.165) is 31.9 Å². The van der Waals surface area contributed by atoms with Gasteiger partial charge in [0.05, 0.1) is 13.0 Å². The fourth-order valence-electron chi connectivity index (χ4n) is 1.69. The summed E-state index contributed by atoms with van der Waals surface area (Å²) >= 11 is 0. The van der Waals surface area contributed by atoms with Crippen LogP contribution in [0.4, 0.5) is 0 Å². The Bertz CT molecular complexity index is 362. The summed E-state index contributed by atoms with van der Waals surface area (Å²) in [6.45, 7) is 5.22.